The summed E-state index contributed by atoms with van der Waals surface area (Å²) in [6.07, 6.45) is -3.79. The molecule has 1 aliphatic heterocycles. The first kappa shape index (κ1) is 15.7. The van der Waals surface area contributed by atoms with Crippen molar-refractivity contribution in [3.05, 3.63) is 23.0 Å². The van der Waals surface area contributed by atoms with Gasteiger partial charge in [0.15, 0.2) is 0 Å². The molecule has 2 unspecified atom stereocenters. The third-order valence-corrected chi connectivity index (χ3v) is 3.94. The molecule has 0 saturated heterocycles. The van der Waals surface area contributed by atoms with Gasteiger partial charge in [0.25, 0.3) is 0 Å². The van der Waals surface area contributed by atoms with E-state index < -0.39 is 17.7 Å². The van der Waals surface area contributed by atoms with E-state index in [1.807, 2.05) is 22.6 Å². The summed E-state index contributed by atoms with van der Waals surface area (Å²) >= 11 is 2.00. The summed E-state index contributed by atoms with van der Waals surface area (Å²) in [6.45, 7) is 3.51. The first-order valence-electron chi connectivity index (χ1n) is 6.31. The SMILES string of the molecule is CC(=O)OC1CCn2c(cc(C(F)(F)F)c2C(C)I)C1. The van der Waals surface area contributed by atoms with Crippen LogP contribution in [0.15, 0.2) is 6.07 Å². The summed E-state index contributed by atoms with van der Waals surface area (Å²) in [5.74, 6) is -0.395. The topological polar surface area (TPSA) is 31.2 Å². The number of carbonyl (C=O) groups is 1. The van der Waals surface area contributed by atoms with Gasteiger partial charge in [-0.1, -0.05) is 22.6 Å². The molecule has 1 aromatic heterocycles. The lowest BCUT2D eigenvalue weighted by atomic mass is 10.1. The first-order valence-corrected chi connectivity index (χ1v) is 7.55. The van der Waals surface area contributed by atoms with Crippen molar-refractivity contribution in [3.8, 4) is 0 Å². The molecule has 0 aromatic carbocycles. The standard InChI is InChI=1S/C13H15F3INO2/c1-7(17)12-11(13(14,15)16)6-9-5-10(20-8(2)19)3-4-18(9)12/h6-7,10H,3-5H2,1-2H3. The molecule has 0 N–H and O–H groups in total. The van der Waals surface area contributed by atoms with Crippen molar-refractivity contribution in [1.82, 2.24) is 4.57 Å². The van der Waals surface area contributed by atoms with Crippen LogP contribution >= 0.6 is 22.6 Å². The van der Waals surface area contributed by atoms with E-state index in [4.69, 9.17) is 4.74 Å². The molecule has 2 heterocycles. The minimum atomic E-state index is -4.35. The highest BCUT2D eigenvalue weighted by Crippen LogP contribution is 2.41. The van der Waals surface area contributed by atoms with Crippen LogP contribution in [0.25, 0.3) is 0 Å². The number of carbonyl (C=O) groups excluding carboxylic acids is 1. The summed E-state index contributed by atoms with van der Waals surface area (Å²) in [5, 5.41) is 0. The number of nitrogens with zero attached hydrogens (tertiary/aromatic N) is 1. The molecule has 2 rings (SSSR count). The zero-order chi connectivity index (χ0) is 15.1. The number of hydrogen-bond donors (Lipinski definition) is 0. The second-order valence-corrected chi connectivity index (χ2v) is 6.79. The van der Waals surface area contributed by atoms with Crippen LogP contribution in [0.2, 0.25) is 0 Å². The summed E-state index contributed by atoms with van der Waals surface area (Å²) < 4.78 is 45.9. The van der Waals surface area contributed by atoms with Crippen molar-refractivity contribution in [3.63, 3.8) is 0 Å². The fraction of sp³-hybridized carbons (Fsp3) is 0.615. The normalized spacial score (nSPS) is 20.4. The highest BCUT2D eigenvalue weighted by Gasteiger charge is 2.39. The predicted molar refractivity (Wildman–Crippen MR) is 75.7 cm³/mol. The Balaban J connectivity index is 2.37. The van der Waals surface area contributed by atoms with Gasteiger partial charge in [0, 0.05) is 41.6 Å². The maximum atomic E-state index is 13.1. The zero-order valence-corrected chi connectivity index (χ0v) is 13.3. The molecule has 3 nitrogen and oxygen atoms in total. The number of halogens is 4. The third-order valence-electron chi connectivity index (χ3n) is 3.35. The van der Waals surface area contributed by atoms with Crippen LogP contribution in [0.4, 0.5) is 13.2 Å². The Kier molecular flexibility index (Phi) is 4.36. The first-order chi connectivity index (χ1) is 9.20. The van der Waals surface area contributed by atoms with E-state index >= 15 is 0 Å². The fourth-order valence-corrected chi connectivity index (χ4v) is 3.32. The number of fused-ring (bicyclic) bond motifs is 1. The van der Waals surface area contributed by atoms with Crippen molar-refractivity contribution in [1.29, 1.82) is 0 Å². The molecule has 0 amide bonds. The van der Waals surface area contributed by atoms with E-state index in [9.17, 15) is 18.0 Å². The summed E-state index contributed by atoms with van der Waals surface area (Å²) in [4.78, 5) is 11.0. The molecular weight excluding hydrogens is 386 g/mol. The molecule has 0 saturated carbocycles. The molecule has 0 bridgehead atoms. The van der Waals surface area contributed by atoms with Gasteiger partial charge in [-0.25, -0.2) is 0 Å². The zero-order valence-electron chi connectivity index (χ0n) is 11.1. The highest BCUT2D eigenvalue weighted by molar-refractivity contribution is 14.1. The Morgan fingerprint density at radius 1 is 1.55 bits per heavy atom. The molecule has 1 aliphatic rings. The van der Waals surface area contributed by atoms with Gasteiger partial charge in [0.2, 0.25) is 0 Å². The lowest BCUT2D eigenvalue weighted by molar-refractivity contribution is -0.147. The Labute approximate surface area is 128 Å². The lowest BCUT2D eigenvalue weighted by Crippen LogP contribution is -2.28. The van der Waals surface area contributed by atoms with Crippen LogP contribution in [-0.2, 0) is 28.7 Å². The van der Waals surface area contributed by atoms with Gasteiger partial charge in [-0.15, -0.1) is 0 Å². The molecule has 0 spiro atoms. The van der Waals surface area contributed by atoms with Gasteiger partial charge < -0.3 is 9.30 Å². The predicted octanol–water partition coefficient (Wildman–Crippen LogP) is 3.88. The Hall–Kier alpha value is -0.730. The van der Waals surface area contributed by atoms with E-state index in [-0.39, 0.29) is 10.0 Å². The largest absolute Gasteiger partial charge is 0.462 e. The molecular formula is C13H15F3INO2. The summed E-state index contributed by atoms with van der Waals surface area (Å²) in [6, 6.07) is 1.19. The summed E-state index contributed by atoms with van der Waals surface area (Å²) in [5.41, 5.74) is 0.334. The molecule has 1 aromatic rings. The lowest BCUT2D eigenvalue weighted by Gasteiger charge is -2.26. The van der Waals surface area contributed by atoms with E-state index in [2.05, 4.69) is 0 Å². The van der Waals surface area contributed by atoms with Gasteiger partial charge >= 0.3 is 12.1 Å². The third kappa shape index (κ3) is 3.12. The molecule has 112 valence electrons. The minimum absolute atomic E-state index is 0.233. The number of aromatic nitrogens is 1. The van der Waals surface area contributed by atoms with E-state index in [0.29, 0.717) is 30.8 Å². The van der Waals surface area contributed by atoms with Crippen LogP contribution < -0.4 is 0 Å². The van der Waals surface area contributed by atoms with Crippen LogP contribution in [0.3, 0.4) is 0 Å². The quantitative estimate of drug-likeness (QED) is 0.428. The van der Waals surface area contributed by atoms with Gasteiger partial charge in [0.1, 0.15) is 6.10 Å². The number of rotatable bonds is 2. The van der Waals surface area contributed by atoms with Gasteiger partial charge in [-0.2, -0.15) is 13.2 Å². The van der Waals surface area contributed by atoms with Crippen molar-refractivity contribution < 1.29 is 22.7 Å². The number of alkyl halides is 4. The maximum Gasteiger partial charge on any atom is 0.418 e. The Bertz CT molecular complexity index is 522. The van der Waals surface area contributed by atoms with Crippen molar-refractivity contribution in [2.75, 3.05) is 0 Å². The smallest absolute Gasteiger partial charge is 0.418 e. The van der Waals surface area contributed by atoms with Crippen molar-refractivity contribution >= 4 is 28.6 Å². The average Bonchev–Trinajstić information content (AvgIpc) is 2.66. The number of esters is 1. The van der Waals surface area contributed by atoms with Gasteiger partial charge in [0.05, 0.1) is 5.56 Å². The Morgan fingerprint density at radius 3 is 2.70 bits per heavy atom. The second kappa shape index (κ2) is 5.57. The average molecular weight is 401 g/mol. The number of hydrogen-bond acceptors (Lipinski definition) is 2. The highest BCUT2D eigenvalue weighted by atomic mass is 127. The molecule has 0 radical (unpaired) electrons. The van der Waals surface area contributed by atoms with Crippen LogP contribution in [-0.4, -0.2) is 16.6 Å². The van der Waals surface area contributed by atoms with E-state index in [1.165, 1.54) is 13.0 Å². The molecule has 0 aliphatic carbocycles. The monoisotopic (exact) mass is 401 g/mol. The van der Waals surface area contributed by atoms with Crippen molar-refractivity contribution in [2.24, 2.45) is 0 Å². The van der Waals surface area contributed by atoms with Gasteiger partial charge in [-0.3, -0.25) is 4.79 Å². The fourth-order valence-electron chi connectivity index (χ4n) is 2.65. The summed E-state index contributed by atoms with van der Waals surface area (Å²) in [7, 11) is 0. The second-order valence-electron chi connectivity index (χ2n) is 4.92. The minimum Gasteiger partial charge on any atom is -0.462 e. The van der Waals surface area contributed by atoms with Crippen LogP contribution in [0, 0.1) is 0 Å². The maximum absolute atomic E-state index is 13.1. The van der Waals surface area contributed by atoms with Crippen LogP contribution in [0.1, 0.15) is 41.1 Å². The van der Waals surface area contributed by atoms with Crippen LogP contribution in [0.5, 0.6) is 0 Å². The Morgan fingerprint density at radius 2 is 2.20 bits per heavy atom. The molecule has 0 fully saturated rings. The molecule has 20 heavy (non-hydrogen) atoms. The van der Waals surface area contributed by atoms with Crippen molar-refractivity contribution in [2.45, 2.75) is 49.4 Å². The molecule has 2 atom stereocenters. The van der Waals surface area contributed by atoms with Gasteiger partial charge in [-0.05, 0) is 13.0 Å². The number of ether oxygens (including phenoxy) is 1. The van der Waals surface area contributed by atoms with E-state index in [1.54, 1.807) is 11.5 Å². The molecule has 7 heteroatoms. The van der Waals surface area contributed by atoms with E-state index in [0.717, 1.165) is 0 Å².